The van der Waals surface area contributed by atoms with Gasteiger partial charge in [0.2, 0.25) is 0 Å². The molecule has 5 nitrogen and oxygen atoms in total. The molecule has 0 saturated carbocycles. The van der Waals surface area contributed by atoms with E-state index >= 15 is 0 Å². The summed E-state index contributed by atoms with van der Waals surface area (Å²) in [6, 6.07) is 10.5. The van der Waals surface area contributed by atoms with E-state index in [9.17, 15) is 8.42 Å². The maximum Gasteiger partial charge on any atom is 0.279 e. The van der Waals surface area contributed by atoms with E-state index in [-0.39, 0.29) is 11.0 Å². The van der Waals surface area contributed by atoms with Gasteiger partial charge in [-0.25, -0.2) is 4.72 Å². The van der Waals surface area contributed by atoms with Crippen molar-refractivity contribution in [3.8, 4) is 0 Å². The molecule has 1 aromatic rings. The summed E-state index contributed by atoms with van der Waals surface area (Å²) in [5.74, 6) is 0. The molecule has 2 heterocycles. The molecule has 26 heavy (non-hydrogen) atoms. The van der Waals surface area contributed by atoms with Crippen molar-refractivity contribution in [1.29, 1.82) is 0 Å². The highest BCUT2D eigenvalue weighted by atomic mass is 32.2. The smallest absolute Gasteiger partial charge is 0.279 e. The van der Waals surface area contributed by atoms with Gasteiger partial charge in [-0.3, -0.25) is 0 Å². The Bertz CT molecular complexity index is 684. The van der Waals surface area contributed by atoms with Gasteiger partial charge < -0.3 is 4.74 Å². The van der Waals surface area contributed by atoms with E-state index in [1.807, 2.05) is 6.07 Å². The monoisotopic (exact) mass is 380 g/mol. The topological polar surface area (TPSA) is 58.6 Å². The molecular weight excluding hydrogens is 348 g/mol. The van der Waals surface area contributed by atoms with Gasteiger partial charge >= 0.3 is 0 Å². The Morgan fingerprint density at radius 3 is 2.50 bits per heavy atom. The molecule has 1 atom stereocenters. The highest BCUT2D eigenvalue weighted by molar-refractivity contribution is 7.87. The molecule has 2 saturated heterocycles. The van der Waals surface area contributed by atoms with Crippen LogP contribution in [-0.4, -0.2) is 44.6 Å². The van der Waals surface area contributed by atoms with Crippen LogP contribution in [0.2, 0.25) is 0 Å². The highest BCUT2D eigenvalue weighted by Gasteiger charge is 2.40. The number of benzene rings is 1. The van der Waals surface area contributed by atoms with Crippen LogP contribution in [0.15, 0.2) is 30.3 Å². The van der Waals surface area contributed by atoms with E-state index in [2.05, 4.69) is 42.8 Å². The van der Waals surface area contributed by atoms with E-state index in [0.717, 1.165) is 45.1 Å². The summed E-state index contributed by atoms with van der Waals surface area (Å²) in [7, 11) is -3.34. The average molecular weight is 381 g/mol. The molecular formula is C20H32N2O3S. The zero-order valence-electron chi connectivity index (χ0n) is 16.0. The van der Waals surface area contributed by atoms with Gasteiger partial charge in [-0.2, -0.15) is 12.7 Å². The summed E-state index contributed by atoms with van der Waals surface area (Å²) in [5.41, 5.74) is 1.21. The standard InChI is InChI=1S/C20H32N2O3S/c1-19(2)17-20(11-15-25-19,16-18-8-4-3-5-9-18)10-12-21-26(23,24)22-13-6-7-14-22/h3-5,8-9,21H,6-7,10-17H2,1-2H3/t20-/m1/s1. The second kappa shape index (κ2) is 7.97. The van der Waals surface area contributed by atoms with Crippen molar-refractivity contribution in [3.63, 3.8) is 0 Å². The lowest BCUT2D eigenvalue weighted by Crippen LogP contribution is -2.45. The molecule has 146 valence electrons. The van der Waals surface area contributed by atoms with E-state index in [1.54, 1.807) is 4.31 Å². The third kappa shape index (κ3) is 5.06. The minimum absolute atomic E-state index is 0.0661. The number of nitrogens with zero attached hydrogens (tertiary/aromatic N) is 1. The maximum absolute atomic E-state index is 12.5. The molecule has 0 amide bonds. The van der Waals surface area contributed by atoms with Crippen molar-refractivity contribution in [3.05, 3.63) is 35.9 Å². The van der Waals surface area contributed by atoms with E-state index < -0.39 is 10.2 Å². The van der Waals surface area contributed by atoms with Gasteiger partial charge in [0.1, 0.15) is 0 Å². The Kier molecular flexibility index (Phi) is 6.07. The predicted molar refractivity (Wildman–Crippen MR) is 104 cm³/mol. The van der Waals surface area contributed by atoms with Gasteiger partial charge in [0.05, 0.1) is 5.60 Å². The highest BCUT2D eigenvalue weighted by Crippen LogP contribution is 2.43. The Morgan fingerprint density at radius 1 is 1.15 bits per heavy atom. The third-order valence-electron chi connectivity index (χ3n) is 5.69. The van der Waals surface area contributed by atoms with Crippen LogP contribution in [-0.2, 0) is 21.4 Å². The lowest BCUT2D eigenvalue weighted by molar-refractivity contribution is -0.106. The van der Waals surface area contributed by atoms with Gasteiger partial charge in [-0.15, -0.1) is 0 Å². The van der Waals surface area contributed by atoms with Gasteiger partial charge in [-0.05, 0) is 63.4 Å². The van der Waals surface area contributed by atoms with Crippen molar-refractivity contribution < 1.29 is 13.2 Å². The van der Waals surface area contributed by atoms with Crippen LogP contribution < -0.4 is 4.72 Å². The van der Waals surface area contributed by atoms with Crippen molar-refractivity contribution in [2.75, 3.05) is 26.2 Å². The van der Waals surface area contributed by atoms with Crippen LogP contribution in [0.4, 0.5) is 0 Å². The van der Waals surface area contributed by atoms with Gasteiger partial charge in [0, 0.05) is 26.2 Å². The zero-order chi connectivity index (χ0) is 18.7. The molecule has 0 unspecified atom stereocenters. The summed E-state index contributed by atoms with van der Waals surface area (Å²) < 4.78 is 35.3. The van der Waals surface area contributed by atoms with Gasteiger partial charge in [0.25, 0.3) is 10.2 Å². The molecule has 0 spiro atoms. The molecule has 1 N–H and O–H groups in total. The number of rotatable bonds is 7. The Labute approximate surface area is 158 Å². The summed E-state index contributed by atoms with van der Waals surface area (Å²) in [6.45, 7) is 6.79. The number of ether oxygens (including phenoxy) is 1. The molecule has 0 bridgehead atoms. The zero-order valence-corrected chi connectivity index (χ0v) is 16.9. The number of hydrogen-bond donors (Lipinski definition) is 1. The van der Waals surface area contributed by atoms with E-state index in [0.29, 0.717) is 19.6 Å². The summed E-state index contributed by atoms with van der Waals surface area (Å²) >= 11 is 0. The van der Waals surface area contributed by atoms with Gasteiger partial charge in [0.15, 0.2) is 0 Å². The first-order chi connectivity index (χ1) is 12.3. The maximum atomic E-state index is 12.5. The molecule has 2 aliphatic heterocycles. The fourth-order valence-electron chi connectivity index (χ4n) is 4.53. The number of nitrogens with one attached hydrogen (secondary N) is 1. The van der Waals surface area contributed by atoms with Crippen LogP contribution in [0.3, 0.4) is 0 Å². The Balaban J connectivity index is 1.67. The summed E-state index contributed by atoms with van der Waals surface area (Å²) in [4.78, 5) is 0. The van der Waals surface area contributed by atoms with Crippen LogP contribution >= 0.6 is 0 Å². The Hall–Kier alpha value is -0.950. The van der Waals surface area contributed by atoms with Crippen LogP contribution in [0.25, 0.3) is 0 Å². The normalized spacial score (nSPS) is 26.8. The molecule has 0 aliphatic carbocycles. The molecule has 6 heteroatoms. The number of hydrogen-bond acceptors (Lipinski definition) is 3. The minimum atomic E-state index is -3.34. The SMILES string of the molecule is CC1(C)C[C@@](CCNS(=O)(=O)N2CCCC2)(Cc2ccccc2)CCO1. The average Bonchev–Trinajstić information content (AvgIpc) is 3.10. The fraction of sp³-hybridized carbons (Fsp3) is 0.700. The second-order valence-electron chi connectivity index (χ2n) is 8.45. The van der Waals surface area contributed by atoms with Crippen LogP contribution in [0.5, 0.6) is 0 Å². The molecule has 2 aliphatic rings. The van der Waals surface area contributed by atoms with Crippen LogP contribution in [0, 0.1) is 5.41 Å². The summed E-state index contributed by atoms with van der Waals surface area (Å²) in [5, 5.41) is 0. The van der Waals surface area contributed by atoms with Crippen LogP contribution in [0.1, 0.15) is 51.5 Å². The summed E-state index contributed by atoms with van der Waals surface area (Å²) in [6.07, 6.45) is 5.64. The molecule has 0 radical (unpaired) electrons. The van der Waals surface area contributed by atoms with Gasteiger partial charge in [-0.1, -0.05) is 30.3 Å². The third-order valence-corrected chi connectivity index (χ3v) is 7.31. The largest absolute Gasteiger partial charge is 0.376 e. The molecule has 1 aromatic carbocycles. The van der Waals surface area contributed by atoms with Crippen molar-refractivity contribution in [1.82, 2.24) is 9.03 Å². The molecule has 3 rings (SSSR count). The first-order valence-corrected chi connectivity index (χ1v) is 11.2. The van der Waals surface area contributed by atoms with Crippen molar-refractivity contribution in [2.24, 2.45) is 5.41 Å². The lowest BCUT2D eigenvalue weighted by atomic mass is 9.68. The lowest BCUT2D eigenvalue weighted by Gasteiger charge is -2.45. The second-order valence-corrected chi connectivity index (χ2v) is 10.2. The fourth-order valence-corrected chi connectivity index (χ4v) is 5.81. The first kappa shape index (κ1) is 19.8. The predicted octanol–water partition coefficient (Wildman–Crippen LogP) is 3.12. The minimum Gasteiger partial charge on any atom is -0.376 e. The first-order valence-electron chi connectivity index (χ1n) is 9.73. The molecule has 0 aromatic heterocycles. The van der Waals surface area contributed by atoms with Crippen molar-refractivity contribution >= 4 is 10.2 Å². The molecule has 2 fully saturated rings. The van der Waals surface area contributed by atoms with E-state index in [1.165, 1.54) is 5.56 Å². The van der Waals surface area contributed by atoms with Crippen molar-refractivity contribution in [2.45, 2.75) is 58.0 Å². The van der Waals surface area contributed by atoms with E-state index in [4.69, 9.17) is 4.74 Å². The quantitative estimate of drug-likeness (QED) is 0.791. The Morgan fingerprint density at radius 2 is 1.85 bits per heavy atom.